The Morgan fingerprint density at radius 1 is 0.824 bits per heavy atom. The average Bonchev–Trinajstić information content (AvgIpc) is 2.62. The van der Waals surface area contributed by atoms with Crippen LogP contribution in [0.5, 0.6) is 0 Å². The van der Waals surface area contributed by atoms with E-state index >= 15 is 0 Å². The first-order valence-corrected chi connectivity index (χ1v) is 7.96. The zero-order valence-corrected chi connectivity index (χ0v) is 11.9. The molecule has 0 spiro atoms. The van der Waals surface area contributed by atoms with Crippen LogP contribution in [-0.2, 0) is 0 Å². The summed E-state index contributed by atoms with van der Waals surface area (Å²) in [6, 6.07) is 1.91. The van der Waals surface area contributed by atoms with Crippen molar-refractivity contribution in [2.24, 2.45) is 23.7 Å². The van der Waals surface area contributed by atoms with Gasteiger partial charge in [-0.05, 0) is 68.7 Å². The molecule has 1 heteroatoms. The van der Waals surface area contributed by atoms with E-state index in [-0.39, 0.29) is 0 Å². The lowest BCUT2D eigenvalue weighted by Crippen LogP contribution is -2.40. The Morgan fingerprint density at radius 3 is 1.71 bits per heavy atom. The first-order valence-electron chi connectivity index (χ1n) is 7.96. The van der Waals surface area contributed by atoms with Crippen molar-refractivity contribution in [2.45, 2.75) is 71.4 Å². The molecule has 0 radical (unpaired) electrons. The van der Waals surface area contributed by atoms with Gasteiger partial charge in [0.25, 0.3) is 0 Å². The molecule has 0 N–H and O–H groups in total. The van der Waals surface area contributed by atoms with Crippen molar-refractivity contribution >= 4 is 0 Å². The first kappa shape index (κ1) is 12.0. The summed E-state index contributed by atoms with van der Waals surface area (Å²) in [7, 11) is 0. The highest BCUT2D eigenvalue weighted by Crippen LogP contribution is 2.51. The van der Waals surface area contributed by atoms with E-state index < -0.39 is 0 Å². The molecular formula is C16H29N. The quantitative estimate of drug-likeness (QED) is 0.665. The second-order valence-electron chi connectivity index (χ2n) is 7.13. The van der Waals surface area contributed by atoms with Crippen LogP contribution in [0, 0.1) is 23.7 Å². The Morgan fingerprint density at radius 2 is 1.29 bits per heavy atom. The molecule has 0 amide bonds. The maximum Gasteiger partial charge on any atom is 0.0130 e. The van der Waals surface area contributed by atoms with Crippen LogP contribution in [-0.4, -0.2) is 23.5 Å². The molecule has 2 aliphatic carbocycles. The Labute approximate surface area is 107 Å². The Kier molecular flexibility index (Phi) is 3.23. The lowest BCUT2D eigenvalue weighted by molar-refractivity contribution is 0.131. The van der Waals surface area contributed by atoms with E-state index in [0.717, 1.165) is 35.8 Å². The van der Waals surface area contributed by atoms with Gasteiger partial charge in [-0.25, -0.2) is 0 Å². The molecule has 6 unspecified atom stereocenters. The van der Waals surface area contributed by atoms with E-state index in [1.807, 2.05) is 0 Å². The van der Waals surface area contributed by atoms with Crippen molar-refractivity contribution in [1.29, 1.82) is 0 Å². The molecule has 0 aromatic rings. The monoisotopic (exact) mass is 235 g/mol. The molecule has 98 valence electrons. The van der Waals surface area contributed by atoms with Gasteiger partial charge in [-0.1, -0.05) is 20.8 Å². The van der Waals surface area contributed by atoms with Gasteiger partial charge >= 0.3 is 0 Å². The van der Waals surface area contributed by atoms with E-state index in [2.05, 4.69) is 25.7 Å². The molecule has 1 nitrogen and oxygen atoms in total. The van der Waals surface area contributed by atoms with Crippen molar-refractivity contribution in [3.8, 4) is 0 Å². The summed E-state index contributed by atoms with van der Waals surface area (Å²) in [4.78, 5) is 2.90. The van der Waals surface area contributed by atoms with Crippen LogP contribution in [0.25, 0.3) is 0 Å². The van der Waals surface area contributed by atoms with Gasteiger partial charge < -0.3 is 0 Å². The van der Waals surface area contributed by atoms with Crippen LogP contribution in [0.15, 0.2) is 0 Å². The predicted octanol–water partition coefficient (Wildman–Crippen LogP) is 3.93. The molecule has 3 fully saturated rings. The molecule has 1 heterocycles. The van der Waals surface area contributed by atoms with Crippen LogP contribution in [0.3, 0.4) is 0 Å². The van der Waals surface area contributed by atoms with Gasteiger partial charge in [-0.3, -0.25) is 4.90 Å². The van der Waals surface area contributed by atoms with Crippen LogP contribution >= 0.6 is 0 Å². The molecule has 3 aliphatic rings. The maximum absolute atomic E-state index is 2.90. The largest absolute Gasteiger partial charge is 0.297 e. The molecule has 17 heavy (non-hydrogen) atoms. The smallest absolute Gasteiger partial charge is 0.0130 e. The van der Waals surface area contributed by atoms with E-state index in [1.54, 1.807) is 0 Å². The molecule has 1 saturated heterocycles. The fraction of sp³-hybridized carbons (Fsp3) is 1.00. The minimum absolute atomic E-state index is 0.955. The van der Waals surface area contributed by atoms with Gasteiger partial charge in [0.2, 0.25) is 0 Å². The van der Waals surface area contributed by atoms with E-state index in [0.29, 0.717) is 0 Å². The van der Waals surface area contributed by atoms with Crippen LogP contribution in [0.1, 0.15) is 59.3 Å². The second-order valence-corrected chi connectivity index (χ2v) is 7.13. The summed E-state index contributed by atoms with van der Waals surface area (Å²) in [5, 5.41) is 0. The van der Waals surface area contributed by atoms with Gasteiger partial charge in [0.15, 0.2) is 0 Å². The standard InChI is InChI=1S/C16H29N/c1-4-17-15-7-5-11(2)9-13(15)14-10-12(3)6-8-16(14)17/h11-16H,4-10H2,1-3H3. The van der Waals surface area contributed by atoms with Crippen LogP contribution in [0.4, 0.5) is 0 Å². The molecule has 6 atom stereocenters. The number of fused-ring (bicyclic) bond motifs is 3. The fourth-order valence-electron chi connectivity index (χ4n) is 5.28. The highest BCUT2D eigenvalue weighted by Gasteiger charge is 2.50. The second kappa shape index (κ2) is 4.57. The molecule has 1 aliphatic heterocycles. The van der Waals surface area contributed by atoms with Crippen LogP contribution < -0.4 is 0 Å². The summed E-state index contributed by atoms with van der Waals surface area (Å²) >= 11 is 0. The van der Waals surface area contributed by atoms with E-state index in [1.165, 1.54) is 45.1 Å². The van der Waals surface area contributed by atoms with Gasteiger partial charge in [-0.15, -0.1) is 0 Å². The number of hydrogen-bond acceptors (Lipinski definition) is 1. The molecular weight excluding hydrogens is 206 g/mol. The molecule has 3 rings (SSSR count). The Hall–Kier alpha value is -0.0400. The van der Waals surface area contributed by atoms with Crippen LogP contribution in [0.2, 0.25) is 0 Å². The van der Waals surface area contributed by atoms with Crippen molar-refractivity contribution in [3.63, 3.8) is 0 Å². The maximum atomic E-state index is 2.90. The summed E-state index contributed by atoms with van der Waals surface area (Å²) < 4.78 is 0. The molecule has 0 aromatic heterocycles. The molecule has 2 saturated carbocycles. The molecule has 0 bridgehead atoms. The van der Waals surface area contributed by atoms with Crippen molar-refractivity contribution in [1.82, 2.24) is 4.90 Å². The summed E-state index contributed by atoms with van der Waals surface area (Å²) in [6.07, 6.45) is 8.98. The van der Waals surface area contributed by atoms with E-state index in [9.17, 15) is 0 Å². The third-order valence-corrected chi connectivity index (χ3v) is 6.02. The minimum atomic E-state index is 0.955. The fourth-order valence-corrected chi connectivity index (χ4v) is 5.28. The highest BCUT2D eigenvalue weighted by atomic mass is 15.2. The summed E-state index contributed by atoms with van der Waals surface area (Å²) in [5.74, 6) is 4.08. The minimum Gasteiger partial charge on any atom is -0.297 e. The Bertz CT molecular complexity index is 249. The topological polar surface area (TPSA) is 3.24 Å². The van der Waals surface area contributed by atoms with Gasteiger partial charge in [0, 0.05) is 12.1 Å². The predicted molar refractivity (Wildman–Crippen MR) is 73.0 cm³/mol. The third-order valence-electron chi connectivity index (χ3n) is 6.02. The number of rotatable bonds is 1. The zero-order chi connectivity index (χ0) is 12.0. The van der Waals surface area contributed by atoms with Crippen molar-refractivity contribution in [3.05, 3.63) is 0 Å². The number of nitrogens with zero attached hydrogens (tertiary/aromatic N) is 1. The number of hydrogen-bond donors (Lipinski definition) is 0. The lowest BCUT2D eigenvalue weighted by atomic mass is 9.69. The van der Waals surface area contributed by atoms with Gasteiger partial charge in [-0.2, -0.15) is 0 Å². The highest BCUT2D eigenvalue weighted by molar-refractivity contribution is 5.03. The van der Waals surface area contributed by atoms with E-state index in [4.69, 9.17) is 0 Å². The first-order chi connectivity index (χ1) is 8.20. The van der Waals surface area contributed by atoms with Crippen molar-refractivity contribution < 1.29 is 0 Å². The lowest BCUT2D eigenvalue weighted by Gasteiger charge is -2.35. The zero-order valence-electron chi connectivity index (χ0n) is 11.9. The van der Waals surface area contributed by atoms with Gasteiger partial charge in [0.1, 0.15) is 0 Å². The van der Waals surface area contributed by atoms with Crippen molar-refractivity contribution in [2.75, 3.05) is 6.54 Å². The Balaban J connectivity index is 1.82. The average molecular weight is 235 g/mol. The number of likely N-dealkylation sites (tertiary alicyclic amines) is 1. The molecule has 0 aromatic carbocycles. The SMILES string of the molecule is CCN1C2CCC(C)CC2C2CC(C)CCC21. The third kappa shape index (κ3) is 1.95. The summed E-state index contributed by atoms with van der Waals surface area (Å²) in [6.45, 7) is 8.64. The normalized spacial score (nSPS) is 51.0. The van der Waals surface area contributed by atoms with Gasteiger partial charge in [0.05, 0.1) is 0 Å². The summed E-state index contributed by atoms with van der Waals surface area (Å²) in [5.41, 5.74) is 0.